The van der Waals surface area contributed by atoms with Gasteiger partial charge in [0.15, 0.2) is 6.04 Å². The minimum absolute atomic E-state index is 0.0299. The lowest BCUT2D eigenvalue weighted by Gasteiger charge is -2.14. The largest absolute Gasteiger partial charge is 0.416 e. The van der Waals surface area contributed by atoms with Gasteiger partial charge in [0.25, 0.3) is 5.91 Å². The summed E-state index contributed by atoms with van der Waals surface area (Å²) in [4.78, 5) is 24.2. The molecule has 170 valence electrons. The maximum Gasteiger partial charge on any atom is 0.416 e. The van der Waals surface area contributed by atoms with E-state index >= 15 is 0 Å². The first-order valence-electron chi connectivity index (χ1n) is 8.64. The van der Waals surface area contributed by atoms with Gasteiger partial charge in [0.05, 0.1) is 11.1 Å². The Labute approximate surface area is 171 Å². The van der Waals surface area contributed by atoms with Crippen LogP contribution in [-0.2, 0) is 17.1 Å². The molecule has 2 aromatic rings. The van der Waals surface area contributed by atoms with Crippen LogP contribution in [0.5, 0.6) is 0 Å². The van der Waals surface area contributed by atoms with Crippen molar-refractivity contribution in [3.8, 4) is 11.4 Å². The predicted molar refractivity (Wildman–Crippen MR) is 92.9 cm³/mol. The Morgan fingerprint density at radius 1 is 0.935 bits per heavy atom. The van der Waals surface area contributed by atoms with Gasteiger partial charge in [0.2, 0.25) is 5.82 Å². The Hall–Kier alpha value is -3.39. The summed E-state index contributed by atoms with van der Waals surface area (Å²) in [5, 5.41) is 13.1. The molecule has 0 aliphatic rings. The van der Waals surface area contributed by atoms with E-state index in [0.717, 1.165) is 0 Å². The fraction of sp³-hybridized carbons (Fsp3) is 0.438. The molecule has 3 N–H and O–H groups in total. The van der Waals surface area contributed by atoms with Crippen LogP contribution in [0.2, 0.25) is 0 Å². The molecular formula is C16H17F6N7O2. The van der Waals surface area contributed by atoms with Crippen LogP contribution in [0.3, 0.4) is 0 Å². The molecule has 31 heavy (non-hydrogen) atoms. The van der Waals surface area contributed by atoms with Gasteiger partial charge >= 0.3 is 18.4 Å². The van der Waals surface area contributed by atoms with E-state index in [1.54, 1.807) is 13.8 Å². The normalized spacial score (nSPS) is 13.1. The molecule has 0 saturated heterocycles. The second-order valence-corrected chi connectivity index (χ2v) is 6.65. The van der Waals surface area contributed by atoms with Gasteiger partial charge in [-0.3, -0.25) is 10.2 Å². The standard InChI is InChI=1S/C16H17F6N7O2/c1-7(2)23-14(31)26-25-13(30)8(3)29-27-12(24-28-29)9-4-10(15(17,18)19)6-11(5-9)16(20,21)22/h4-8H,1-3H3,(H,25,30)(H2,23,26,31). The monoisotopic (exact) mass is 453 g/mol. The second-order valence-electron chi connectivity index (χ2n) is 6.65. The minimum atomic E-state index is -5.04. The molecule has 0 saturated carbocycles. The fourth-order valence-corrected chi connectivity index (χ4v) is 2.21. The molecule has 15 heteroatoms. The first-order valence-corrected chi connectivity index (χ1v) is 8.64. The molecule has 1 heterocycles. The van der Waals surface area contributed by atoms with Gasteiger partial charge < -0.3 is 5.32 Å². The van der Waals surface area contributed by atoms with E-state index in [9.17, 15) is 35.9 Å². The summed E-state index contributed by atoms with van der Waals surface area (Å²) in [7, 11) is 0. The third kappa shape index (κ3) is 6.29. The highest BCUT2D eigenvalue weighted by Crippen LogP contribution is 2.37. The number of carbonyl (C=O) groups is 2. The van der Waals surface area contributed by atoms with Gasteiger partial charge in [-0.1, -0.05) is 0 Å². The Morgan fingerprint density at radius 2 is 1.48 bits per heavy atom. The average molecular weight is 453 g/mol. The molecule has 3 amide bonds. The summed E-state index contributed by atoms with van der Waals surface area (Å²) in [6.07, 6.45) is -10.1. The van der Waals surface area contributed by atoms with E-state index < -0.39 is 52.8 Å². The van der Waals surface area contributed by atoms with Crippen LogP contribution in [-0.4, -0.2) is 38.2 Å². The van der Waals surface area contributed by atoms with Crippen molar-refractivity contribution in [2.75, 3.05) is 0 Å². The highest BCUT2D eigenvalue weighted by molar-refractivity contribution is 5.83. The van der Waals surface area contributed by atoms with Crippen molar-refractivity contribution in [1.29, 1.82) is 0 Å². The van der Waals surface area contributed by atoms with E-state index in [1.807, 2.05) is 0 Å². The predicted octanol–water partition coefficient (Wildman–Crippen LogP) is 2.68. The summed E-state index contributed by atoms with van der Waals surface area (Å²) in [6, 6.07) is -1.25. The number of benzene rings is 1. The molecule has 1 atom stereocenters. The Kier molecular flexibility index (Phi) is 6.76. The Balaban J connectivity index is 2.25. The van der Waals surface area contributed by atoms with Crippen LogP contribution in [0.4, 0.5) is 31.1 Å². The number of aromatic nitrogens is 4. The van der Waals surface area contributed by atoms with Crippen molar-refractivity contribution in [2.24, 2.45) is 0 Å². The molecule has 1 unspecified atom stereocenters. The summed E-state index contributed by atoms with van der Waals surface area (Å²) in [6.45, 7) is 4.64. The van der Waals surface area contributed by atoms with Crippen LogP contribution in [0, 0.1) is 0 Å². The zero-order chi connectivity index (χ0) is 23.6. The van der Waals surface area contributed by atoms with Crippen molar-refractivity contribution < 1.29 is 35.9 Å². The number of urea groups is 1. The van der Waals surface area contributed by atoms with Gasteiger partial charge in [0.1, 0.15) is 0 Å². The first kappa shape index (κ1) is 23.9. The van der Waals surface area contributed by atoms with Crippen molar-refractivity contribution in [3.05, 3.63) is 29.3 Å². The number of amides is 3. The Bertz CT molecular complexity index is 922. The summed E-state index contributed by atoms with van der Waals surface area (Å²) < 4.78 is 78.0. The van der Waals surface area contributed by atoms with E-state index in [4.69, 9.17) is 0 Å². The first-order chi connectivity index (χ1) is 14.2. The lowest BCUT2D eigenvalue weighted by Crippen LogP contribution is -2.50. The summed E-state index contributed by atoms with van der Waals surface area (Å²) >= 11 is 0. The van der Waals surface area contributed by atoms with Crippen LogP contribution in [0.25, 0.3) is 11.4 Å². The topological polar surface area (TPSA) is 114 Å². The lowest BCUT2D eigenvalue weighted by molar-refractivity contribution is -0.143. The second kappa shape index (κ2) is 8.77. The Morgan fingerprint density at radius 3 is 1.97 bits per heavy atom. The average Bonchev–Trinajstić information content (AvgIpc) is 3.13. The van der Waals surface area contributed by atoms with Gasteiger partial charge in [-0.15, -0.1) is 10.2 Å². The maximum absolute atomic E-state index is 13.0. The third-order valence-electron chi connectivity index (χ3n) is 3.72. The number of tetrazole rings is 1. The number of nitrogens with one attached hydrogen (secondary N) is 3. The number of halogens is 6. The van der Waals surface area contributed by atoms with Gasteiger partial charge in [0, 0.05) is 11.6 Å². The number of carbonyl (C=O) groups excluding carboxylic acids is 2. The van der Waals surface area contributed by atoms with Crippen LogP contribution in [0.1, 0.15) is 37.9 Å². The van der Waals surface area contributed by atoms with E-state index in [-0.39, 0.29) is 12.1 Å². The quantitative estimate of drug-likeness (QED) is 0.487. The van der Waals surface area contributed by atoms with Gasteiger partial charge in [-0.25, -0.2) is 10.2 Å². The minimum Gasteiger partial charge on any atom is -0.335 e. The molecule has 1 aromatic carbocycles. The molecule has 0 aliphatic carbocycles. The van der Waals surface area contributed by atoms with Crippen LogP contribution >= 0.6 is 0 Å². The van der Waals surface area contributed by atoms with Crippen LogP contribution < -0.4 is 16.2 Å². The molecule has 0 radical (unpaired) electrons. The number of hydrogen-bond acceptors (Lipinski definition) is 5. The molecular weight excluding hydrogens is 436 g/mol. The van der Waals surface area contributed by atoms with Crippen molar-refractivity contribution in [3.63, 3.8) is 0 Å². The highest BCUT2D eigenvalue weighted by Gasteiger charge is 2.37. The van der Waals surface area contributed by atoms with Crippen molar-refractivity contribution >= 4 is 11.9 Å². The molecule has 0 bridgehead atoms. The smallest absolute Gasteiger partial charge is 0.335 e. The van der Waals surface area contributed by atoms with Gasteiger partial charge in [-0.2, -0.15) is 31.1 Å². The molecule has 2 rings (SSSR count). The third-order valence-corrected chi connectivity index (χ3v) is 3.72. The SMILES string of the molecule is CC(C)NC(=O)NNC(=O)C(C)n1nnc(-c2cc(C(F)(F)F)cc(C(F)(F)F)c2)n1. The van der Waals surface area contributed by atoms with E-state index in [2.05, 4.69) is 31.6 Å². The van der Waals surface area contributed by atoms with E-state index in [1.165, 1.54) is 6.92 Å². The highest BCUT2D eigenvalue weighted by atomic mass is 19.4. The molecule has 0 aliphatic heterocycles. The maximum atomic E-state index is 13.0. The molecule has 1 aromatic heterocycles. The summed E-state index contributed by atoms with van der Waals surface area (Å²) in [5.74, 6) is -1.37. The zero-order valence-corrected chi connectivity index (χ0v) is 16.3. The lowest BCUT2D eigenvalue weighted by atomic mass is 10.0. The number of nitrogens with zero attached hydrogens (tertiary/aromatic N) is 4. The summed E-state index contributed by atoms with van der Waals surface area (Å²) in [5.41, 5.74) is 0.457. The number of hydrogen-bond donors (Lipinski definition) is 3. The number of hydrazine groups is 1. The van der Waals surface area contributed by atoms with Gasteiger partial charge in [-0.05, 0) is 44.2 Å². The molecule has 0 fully saturated rings. The van der Waals surface area contributed by atoms with Crippen molar-refractivity contribution in [2.45, 2.75) is 45.2 Å². The van der Waals surface area contributed by atoms with E-state index in [0.29, 0.717) is 16.9 Å². The molecule has 0 spiro atoms. The molecule has 9 nitrogen and oxygen atoms in total. The number of rotatable bonds is 4. The fourth-order valence-electron chi connectivity index (χ4n) is 2.21. The number of alkyl halides is 6. The van der Waals surface area contributed by atoms with Crippen LogP contribution in [0.15, 0.2) is 18.2 Å². The zero-order valence-electron chi connectivity index (χ0n) is 16.3. The van der Waals surface area contributed by atoms with Crippen molar-refractivity contribution in [1.82, 2.24) is 36.4 Å².